The van der Waals surface area contributed by atoms with E-state index < -0.39 is 5.91 Å². The van der Waals surface area contributed by atoms with Gasteiger partial charge in [-0.25, -0.2) is 0 Å². The summed E-state index contributed by atoms with van der Waals surface area (Å²) in [5.41, 5.74) is 3.19. The van der Waals surface area contributed by atoms with Crippen LogP contribution in [0, 0.1) is 18.3 Å². The maximum absolute atomic E-state index is 11.9. The molecule has 5 nitrogen and oxygen atoms in total. The van der Waals surface area contributed by atoms with Gasteiger partial charge in [-0.05, 0) is 24.0 Å². The van der Waals surface area contributed by atoms with Crippen LogP contribution in [0.25, 0.3) is 0 Å². The number of benzene rings is 1. The molecule has 2 N–H and O–H groups in total. The van der Waals surface area contributed by atoms with Crippen molar-refractivity contribution < 1.29 is 9.53 Å². The molecule has 1 rings (SSSR count). The summed E-state index contributed by atoms with van der Waals surface area (Å²) in [6.07, 6.45) is 1.45. The monoisotopic (exact) mass is 301 g/mol. The van der Waals surface area contributed by atoms with Crippen LogP contribution in [0.5, 0.6) is 0 Å². The Morgan fingerprint density at radius 2 is 2.18 bits per heavy atom. The summed E-state index contributed by atoms with van der Waals surface area (Å²) in [5.74, 6) is -0.0661. The lowest BCUT2D eigenvalue weighted by Crippen LogP contribution is -2.28. The van der Waals surface area contributed by atoms with Gasteiger partial charge in [0.25, 0.3) is 5.91 Å². The molecule has 1 amide bonds. The Morgan fingerprint density at radius 1 is 1.45 bits per heavy atom. The third-order valence-corrected chi connectivity index (χ3v) is 3.24. The van der Waals surface area contributed by atoms with Gasteiger partial charge in [-0.3, -0.25) is 4.79 Å². The van der Waals surface area contributed by atoms with E-state index in [1.807, 2.05) is 31.2 Å². The van der Waals surface area contributed by atoms with E-state index in [0.717, 1.165) is 16.8 Å². The standard InChI is InChI=1S/C17H23N3O2/c1-12(2)15-7-5-6-13(3)16(15)20-11-14(10-18)17(21)19-8-9-22-4/h5-7,11-12,20H,8-9H2,1-4H3,(H,19,21)/b14-11-. The lowest BCUT2D eigenvalue weighted by atomic mass is 9.98. The van der Waals surface area contributed by atoms with Crippen LogP contribution in [0.4, 0.5) is 5.69 Å². The van der Waals surface area contributed by atoms with Crippen LogP contribution >= 0.6 is 0 Å². The first-order valence-corrected chi connectivity index (χ1v) is 7.24. The predicted molar refractivity (Wildman–Crippen MR) is 87.5 cm³/mol. The zero-order valence-corrected chi connectivity index (χ0v) is 13.6. The van der Waals surface area contributed by atoms with Gasteiger partial charge in [0.2, 0.25) is 0 Å². The number of aryl methyl sites for hydroxylation is 1. The van der Waals surface area contributed by atoms with Crippen LogP contribution in [0.15, 0.2) is 30.0 Å². The van der Waals surface area contributed by atoms with Crippen LogP contribution in [0.3, 0.4) is 0 Å². The molecule has 0 aliphatic rings. The quantitative estimate of drug-likeness (QED) is 0.461. The fourth-order valence-corrected chi connectivity index (χ4v) is 2.02. The second-order valence-corrected chi connectivity index (χ2v) is 5.26. The van der Waals surface area contributed by atoms with Crippen molar-refractivity contribution in [1.82, 2.24) is 5.32 Å². The van der Waals surface area contributed by atoms with Gasteiger partial charge in [0.05, 0.1) is 6.61 Å². The van der Waals surface area contributed by atoms with Crippen LogP contribution in [0.2, 0.25) is 0 Å². The normalized spacial score (nSPS) is 11.2. The minimum absolute atomic E-state index is 0.0362. The van der Waals surface area contributed by atoms with Crippen LogP contribution in [-0.2, 0) is 9.53 Å². The number of nitrogens with zero attached hydrogens (tertiary/aromatic N) is 1. The van der Waals surface area contributed by atoms with Crippen molar-refractivity contribution in [3.63, 3.8) is 0 Å². The second-order valence-electron chi connectivity index (χ2n) is 5.26. The van der Waals surface area contributed by atoms with Crippen LogP contribution < -0.4 is 10.6 Å². The Kier molecular flexibility index (Phi) is 7.14. The first-order chi connectivity index (χ1) is 10.5. The van der Waals surface area contributed by atoms with Gasteiger partial charge in [0.15, 0.2) is 0 Å². The lowest BCUT2D eigenvalue weighted by molar-refractivity contribution is -0.117. The topological polar surface area (TPSA) is 74.1 Å². The molecular formula is C17H23N3O2. The predicted octanol–water partition coefficient (Wildman–Crippen LogP) is 2.70. The summed E-state index contributed by atoms with van der Waals surface area (Å²) in [5, 5.41) is 14.9. The maximum atomic E-state index is 11.9. The molecule has 0 fully saturated rings. The molecule has 22 heavy (non-hydrogen) atoms. The number of hydrogen-bond acceptors (Lipinski definition) is 4. The molecule has 0 radical (unpaired) electrons. The summed E-state index contributed by atoms with van der Waals surface area (Å²) >= 11 is 0. The van der Waals surface area contributed by atoms with Crippen molar-refractivity contribution in [3.8, 4) is 6.07 Å². The molecule has 0 spiro atoms. The third kappa shape index (κ3) is 4.90. The Bertz CT molecular complexity index is 586. The number of hydrogen-bond donors (Lipinski definition) is 2. The Balaban J connectivity index is 2.90. The third-order valence-electron chi connectivity index (χ3n) is 3.24. The first-order valence-electron chi connectivity index (χ1n) is 7.24. The Morgan fingerprint density at radius 3 is 2.77 bits per heavy atom. The number of amides is 1. The van der Waals surface area contributed by atoms with Crippen molar-refractivity contribution in [1.29, 1.82) is 5.26 Å². The molecule has 0 atom stereocenters. The van der Waals surface area contributed by atoms with Crippen molar-refractivity contribution >= 4 is 11.6 Å². The summed E-state index contributed by atoms with van der Waals surface area (Å²) < 4.78 is 4.86. The molecule has 0 saturated heterocycles. The largest absolute Gasteiger partial charge is 0.383 e. The highest BCUT2D eigenvalue weighted by Gasteiger charge is 2.11. The van der Waals surface area contributed by atoms with Gasteiger partial charge in [-0.2, -0.15) is 5.26 Å². The average molecular weight is 301 g/mol. The number of ether oxygens (including phenoxy) is 1. The van der Waals surface area contributed by atoms with E-state index in [1.165, 1.54) is 6.20 Å². The molecule has 1 aromatic carbocycles. The van der Waals surface area contributed by atoms with Crippen molar-refractivity contribution in [3.05, 3.63) is 41.1 Å². The van der Waals surface area contributed by atoms with Gasteiger partial charge >= 0.3 is 0 Å². The highest BCUT2D eigenvalue weighted by molar-refractivity contribution is 5.97. The van der Waals surface area contributed by atoms with E-state index in [2.05, 4.69) is 24.5 Å². The van der Waals surface area contributed by atoms with E-state index in [1.54, 1.807) is 7.11 Å². The summed E-state index contributed by atoms with van der Waals surface area (Å²) in [6, 6.07) is 7.95. The first kappa shape index (κ1) is 17.7. The SMILES string of the molecule is COCCNC(=O)/C(C#N)=C\Nc1c(C)cccc1C(C)C. The second kappa shape index (κ2) is 8.85. The Labute approximate surface area is 132 Å². The number of carbonyl (C=O) groups excluding carboxylic acids is 1. The summed E-state index contributed by atoms with van der Waals surface area (Å²) in [4.78, 5) is 11.9. The number of para-hydroxylation sites is 1. The van der Waals surface area contributed by atoms with Gasteiger partial charge in [-0.1, -0.05) is 32.0 Å². The van der Waals surface area contributed by atoms with Crippen molar-refractivity contribution in [2.75, 3.05) is 25.6 Å². The number of nitriles is 1. The summed E-state index contributed by atoms with van der Waals surface area (Å²) in [7, 11) is 1.56. The number of methoxy groups -OCH3 is 1. The zero-order chi connectivity index (χ0) is 16.5. The summed E-state index contributed by atoms with van der Waals surface area (Å²) in [6.45, 7) is 6.98. The smallest absolute Gasteiger partial charge is 0.263 e. The van der Waals surface area contributed by atoms with E-state index in [-0.39, 0.29) is 5.57 Å². The Hall–Kier alpha value is -2.32. The molecule has 118 valence electrons. The molecule has 0 bridgehead atoms. The average Bonchev–Trinajstić information content (AvgIpc) is 2.49. The van der Waals surface area contributed by atoms with Crippen LogP contribution in [-0.4, -0.2) is 26.2 Å². The van der Waals surface area contributed by atoms with Crippen molar-refractivity contribution in [2.24, 2.45) is 0 Å². The highest BCUT2D eigenvalue weighted by Crippen LogP contribution is 2.27. The number of carbonyl (C=O) groups is 1. The molecule has 0 heterocycles. The molecule has 0 unspecified atom stereocenters. The molecule has 0 aliphatic carbocycles. The van der Waals surface area contributed by atoms with Gasteiger partial charge in [0, 0.05) is 25.5 Å². The van der Waals surface area contributed by atoms with Gasteiger partial charge in [-0.15, -0.1) is 0 Å². The van der Waals surface area contributed by atoms with E-state index >= 15 is 0 Å². The fraction of sp³-hybridized carbons (Fsp3) is 0.412. The van der Waals surface area contributed by atoms with E-state index in [9.17, 15) is 4.79 Å². The molecule has 5 heteroatoms. The molecule has 1 aromatic rings. The number of rotatable bonds is 7. The van der Waals surface area contributed by atoms with Gasteiger partial charge in [0.1, 0.15) is 11.6 Å². The zero-order valence-electron chi connectivity index (χ0n) is 13.6. The number of anilines is 1. The number of nitrogens with one attached hydrogen (secondary N) is 2. The van der Waals surface area contributed by atoms with Gasteiger partial charge < -0.3 is 15.4 Å². The lowest BCUT2D eigenvalue weighted by Gasteiger charge is -2.15. The fourth-order valence-electron chi connectivity index (χ4n) is 2.02. The maximum Gasteiger partial charge on any atom is 0.263 e. The minimum atomic E-state index is -0.410. The van der Waals surface area contributed by atoms with Crippen LogP contribution in [0.1, 0.15) is 30.9 Å². The molecule has 0 saturated carbocycles. The highest BCUT2D eigenvalue weighted by atomic mass is 16.5. The molecule has 0 aliphatic heterocycles. The van der Waals surface area contributed by atoms with Crippen molar-refractivity contribution in [2.45, 2.75) is 26.7 Å². The minimum Gasteiger partial charge on any atom is -0.383 e. The van der Waals surface area contributed by atoms with E-state index in [0.29, 0.717) is 19.1 Å². The van der Waals surface area contributed by atoms with E-state index in [4.69, 9.17) is 10.00 Å². The molecular weight excluding hydrogens is 278 g/mol. The molecule has 0 aromatic heterocycles.